The monoisotopic (exact) mass is 495 g/mol. The molecule has 37 heavy (non-hydrogen) atoms. The number of fused-ring (bicyclic) bond motifs is 8. The number of rotatable bonds is 1. The normalized spacial score (nSPS) is 15.7. The number of anilines is 2. The van der Waals surface area contributed by atoms with Crippen LogP contribution in [-0.2, 0) is 26.9 Å². The number of aryl methyl sites for hydroxylation is 4. The molecule has 7 heteroatoms. The van der Waals surface area contributed by atoms with Gasteiger partial charge in [0.25, 0.3) is 5.56 Å². The summed E-state index contributed by atoms with van der Waals surface area (Å²) in [6, 6.07) is 10.4. The summed E-state index contributed by atoms with van der Waals surface area (Å²) in [7, 11) is 5.71. The maximum atomic E-state index is 13.6. The van der Waals surface area contributed by atoms with Crippen molar-refractivity contribution in [3.05, 3.63) is 62.2 Å². The zero-order valence-electron chi connectivity index (χ0n) is 21.9. The van der Waals surface area contributed by atoms with Gasteiger partial charge in [0.1, 0.15) is 18.2 Å². The van der Waals surface area contributed by atoms with Crippen molar-refractivity contribution in [1.29, 1.82) is 0 Å². The highest BCUT2D eigenvalue weighted by molar-refractivity contribution is 6.06. The van der Waals surface area contributed by atoms with E-state index >= 15 is 0 Å². The van der Waals surface area contributed by atoms with Crippen LogP contribution in [0.4, 0.5) is 11.4 Å². The summed E-state index contributed by atoms with van der Waals surface area (Å²) in [6.45, 7) is 5.14. The van der Waals surface area contributed by atoms with Gasteiger partial charge in [-0.1, -0.05) is 0 Å². The molecule has 0 N–H and O–H groups in total. The third-order valence-corrected chi connectivity index (χ3v) is 8.61. The summed E-state index contributed by atoms with van der Waals surface area (Å²) in [5.41, 5.74) is 7.31. The second-order valence-electron chi connectivity index (χ2n) is 10.7. The van der Waals surface area contributed by atoms with E-state index in [1.165, 1.54) is 22.5 Å². The van der Waals surface area contributed by atoms with Crippen LogP contribution in [0.2, 0.25) is 0 Å². The average Bonchev–Trinajstić information content (AvgIpc) is 2.92. The Labute approximate surface area is 214 Å². The van der Waals surface area contributed by atoms with Crippen LogP contribution in [0.1, 0.15) is 30.9 Å². The molecular weight excluding hydrogens is 464 g/mol. The summed E-state index contributed by atoms with van der Waals surface area (Å²) in [5.74, 6) is 0.559. The molecule has 1 aromatic heterocycles. The number of nitrogens with zero attached hydrogens (tertiary/aromatic N) is 4. The standard InChI is InChI=1S/C30H31N4O3/c1-5-34-11-7-9-18-13-20-26(16-24(18)34)33(4)30(36)22-14-21-27(37-28(20)22)19-12-17-8-6-10-31(2)23(17)15-25(19)32(3)29(21)35/h12-16H,5-11H2,1-4H3/q+1. The number of hydrogen-bond donors (Lipinski definition) is 0. The first-order valence-electron chi connectivity index (χ1n) is 13.2. The number of hydrogen-bond acceptors (Lipinski definition) is 5. The van der Waals surface area contributed by atoms with Gasteiger partial charge in [0.15, 0.2) is 5.76 Å². The summed E-state index contributed by atoms with van der Waals surface area (Å²) in [4.78, 5) is 31.7. The fourth-order valence-electron chi connectivity index (χ4n) is 6.53. The van der Waals surface area contributed by atoms with Crippen LogP contribution in [-0.4, -0.2) is 31.2 Å². The Balaban J connectivity index is 1.63. The second kappa shape index (κ2) is 7.81. The van der Waals surface area contributed by atoms with Crippen molar-refractivity contribution in [1.82, 2.24) is 4.57 Å². The molecule has 7 rings (SSSR count). The van der Waals surface area contributed by atoms with Gasteiger partial charge in [0.05, 0.1) is 16.3 Å². The van der Waals surface area contributed by atoms with E-state index in [0.29, 0.717) is 22.3 Å². The highest BCUT2D eigenvalue weighted by atomic mass is 16.3. The van der Waals surface area contributed by atoms with Gasteiger partial charge in [-0.25, -0.2) is 4.79 Å². The topological polar surface area (TPSA) is 62.6 Å². The molecule has 0 bridgehead atoms. The van der Waals surface area contributed by atoms with Gasteiger partial charge in [-0.3, -0.25) is 4.79 Å². The fraction of sp³-hybridized carbons (Fsp3) is 0.367. The summed E-state index contributed by atoms with van der Waals surface area (Å²) >= 11 is 0. The second-order valence-corrected chi connectivity index (χ2v) is 10.7. The predicted octanol–water partition coefficient (Wildman–Crippen LogP) is 3.88. The SMILES string of the molecule is CCN1CCCc2cc3c4oc5c6cc7c(cc6[n+](C)c(=O)c-5cc4c(=O)n(C)c3cc21)N(C)CCC7. The lowest BCUT2D eigenvalue weighted by molar-refractivity contribution is -0.658. The van der Waals surface area contributed by atoms with E-state index in [1.807, 2.05) is 0 Å². The highest BCUT2D eigenvalue weighted by Gasteiger charge is 2.29. The molecule has 188 valence electrons. The molecular formula is C30H31N4O3+. The maximum absolute atomic E-state index is 13.6. The van der Waals surface area contributed by atoms with E-state index in [-0.39, 0.29) is 11.1 Å². The first-order chi connectivity index (χ1) is 17.9. The molecule has 0 saturated carbocycles. The van der Waals surface area contributed by atoms with Gasteiger partial charge in [0.2, 0.25) is 5.52 Å². The van der Waals surface area contributed by atoms with Gasteiger partial charge >= 0.3 is 5.56 Å². The largest absolute Gasteiger partial charge is 0.454 e. The third-order valence-electron chi connectivity index (χ3n) is 8.61. The molecule has 0 aliphatic carbocycles. The predicted molar refractivity (Wildman–Crippen MR) is 148 cm³/mol. The van der Waals surface area contributed by atoms with Crippen LogP contribution in [0, 0.1) is 0 Å². The molecule has 4 aliphatic heterocycles. The van der Waals surface area contributed by atoms with E-state index in [2.05, 4.69) is 48.0 Å². The van der Waals surface area contributed by atoms with Crippen molar-refractivity contribution >= 4 is 44.1 Å². The zero-order valence-corrected chi connectivity index (χ0v) is 21.9. The van der Waals surface area contributed by atoms with Crippen molar-refractivity contribution in [3.8, 4) is 11.3 Å². The number of aromatic nitrogens is 2. The summed E-state index contributed by atoms with van der Waals surface area (Å²) < 4.78 is 10.0. The van der Waals surface area contributed by atoms with Crippen LogP contribution < -0.4 is 25.5 Å². The zero-order chi connectivity index (χ0) is 25.6. The molecule has 0 amide bonds. The highest BCUT2D eigenvalue weighted by Crippen LogP contribution is 2.38. The molecule has 0 spiro atoms. The average molecular weight is 496 g/mol. The van der Waals surface area contributed by atoms with Crippen molar-refractivity contribution in [2.45, 2.75) is 32.6 Å². The van der Waals surface area contributed by atoms with E-state index in [1.54, 1.807) is 29.3 Å². The Morgan fingerprint density at radius 1 is 0.892 bits per heavy atom. The minimum atomic E-state index is -0.155. The Bertz CT molecular complexity index is 1870. The number of pyridine rings is 2. The Morgan fingerprint density at radius 2 is 1.62 bits per heavy atom. The van der Waals surface area contributed by atoms with Gasteiger partial charge in [-0.15, -0.1) is 0 Å². The minimum Gasteiger partial charge on any atom is -0.454 e. The lowest BCUT2D eigenvalue weighted by Crippen LogP contribution is -2.48. The van der Waals surface area contributed by atoms with Crippen LogP contribution in [0.15, 0.2) is 44.3 Å². The first kappa shape index (κ1) is 22.3. The lowest BCUT2D eigenvalue weighted by Gasteiger charge is -2.31. The molecule has 2 aromatic carbocycles. The lowest BCUT2D eigenvalue weighted by atomic mass is 9.96. The smallest absolute Gasteiger partial charge is 0.423 e. The Kier molecular flexibility index (Phi) is 4.72. The maximum Gasteiger partial charge on any atom is 0.423 e. The molecule has 0 saturated heterocycles. The fourth-order valence-corrected chi connectivity index (χ4v) is 6.53. The molecule has 0 fully saturated rings. The van der Waals surface area contributed by atoms with Gasteiger partial charge < -0.3 is 18.8 Å². The Hall–Kier alpha value is -3.87. The first-order valence-corrected chi connectivity index (χ1v) is 13.2. The van der Waals surface area contributed by atoms with Crippen molar-refractivity contribution < 1.29 is 8.98 Å². The summed E-state index contributed by atoms with van der Waals surface area (Å²) in [6.07, 6.45) is 4.20. The molecule has 0 atom stereocenters. The van der Waals surface area contributed by atoms with Crippen LogP contribution >= 0.6 is 0 Å². The van der Waals surface area contributed by atoms with Crippen LogP contribution in [0.5, 0.6) is 0 Å². The van der Waals surface area contributed by atoms with E-state index in [0.717, 1.165) is 67.1 Å². The van der Waals surface area contributed by atoms with Crippen molar-refractivity contribution in [3.63, 3.8) is 0 Å². The quantitative estimate of drug-likeness (QED) is 0.201. The molecule has 3 aromatic rings. The van der Waals surface area contributed by atoms with E-state index in [9.17, 15) is 9.59 Å². The molecule has 4 aliphatic rings. The van der Waals surface area contributed by atoms with Crippen molar-refractivity contribution in [2.75, 3.05) is 36.5 Å². The molecule has 5 heterocycles. The Morgan fingerprint density at radius 3 is 2.41 bits per heavy atom. The van der Waals surface area contributed by atoms with Gasteiger partial charge in [-0.05, 0) is 68.0 Å². The molecule has 0 radical (unpaired) electrons. The van der Waals surface area contributed by atoms with Crippen LogP contribution in [0.3, 0.4) is 0 Å². The third kappa shape index (κ3) is 3.03. The van der Waals surface area contributed by atoms with Crippen LogP contribution in [0.25, 0.3) is 44.1 Å². The van der Waals surface area contributed by atoms with Crippen molar-refractivity contribution in [2.24, 2.45) is 14.1 Å². The summed E-state index contributed by atoms with van der Waals surface area (Å²) in [5, 5.41) is 2.28. The van der Waals surface area contributed by atoms with Gasteiger partial charge in [-0.2, -0.15) is 4.57 Å². The number of benzene rings is 2. The molecule has 7 nitrogen and oxygen atoms in total. The molecule has 0 unspecified atom stereocenters. The van der Waals surface area contributed by atoms with E-state index < -0.39 is 0 Å². The van der Waals surface area contributed by atoms with E-state index in [4.69, 9.17) is 4.42 Å². The minimum absolute atomic E-state index is 0.152. The van der Waals surface area contributed by atoms with Gasteiger partial charge in [0, 0.05) is 56.6 Å².